The van der Waals surface area contributed by atoms with Crippen molar-refractivity contribution in [1.82, 2.24) is 15.5 Å². The van der Waals surface area contributed by atoms with Gasteiger partial charge in [0.1, 0.15) is 10.8 Å². The van der Waals surface area contributed by atoms with Gasteiger partial charge in [0.05, 0.1) is 0 Å². The minimum atomic E-state index is -4.49. The van der Waals surface area contributed by atoms with Gasteiger partial charge in [-0.25, -0.2) is 8.42 Å². The number of halogens is 3. The number of rotatable bonds is 5. The summed E-state index contributed by atoms with van der Waals surface area (Å²) in [6.07, 6.45) is -2.00. The lowest BCUT2D eigenvalue weighted by Gasteiger charge is -2.36. The van der Waals surface area contributed by atoms with E-state index in [9.17, 15) is 26.4 Å². The number of piperazine rings is 1. The van der Waals surface area contributed by atoms with E-state index < -0.39 is 39.3 Å². The van der Waals surface area contributed by atoms with Gasteiger partial charge in [-0.15, -0.1) is 0 Å². The average Bonchev–Trinajstić information content (AvgIpc) is 2.97. The first-order valence-electron chi connectivity index (χ1n) is 8.07. The highest BCUT2D eigenvalue weighted by molar-refractivity contribution is 7.92. The van der Waals surface area contributed by atoms with Crippen molar-refractivity contribution < 1.29 is 26.4 Å². The second kappa shape index (κ2) is 7.17. The van der Waals surface area contributed by atoms with Crippen LogP contribution in [0.25, 0.3) is 0 Å². The standard InChI is InChI=1S/C14H24F3N3O3S/c1-24(22,23)13(4-2-3-5-13)12(21)19-10-11(14(15,16)17)20-8-6-18-7-9-20/h11,18H,2-10H2,1H3,(H,19,21). The molecule has 1 saturated heterocycles. The van der Waals surface area contributed by atoms with Crippen molar-refractivity contribution >= 4 is 15.7 Å². The Labute approximate surface area is 140 Å². The summed E-state index contributed by atoms with van der Waals surface area (Å²) in [5.41, 5.74) is 0. The molecule has 10 heteroatoms. The van der Waals surface area contributed by atoms with Crippen LogP contribution in [0, 0.1) is 0 Å². The molecule has 0 aromatic heterocycles. The van der Waals surface area contributed by atoms with Crippen molar-refractivity contribution in [3.05, 3.63) is 0 Å². The van der Waals surface area contributed by atoms with Gasteiger partial charge in [-0.1, -0.05) is 12.8 Å². The number of carbonyl (C=O) groups excluding carboxylic acids is 1. The molecule has 1 aliphatic heterocycles. The van der Waals surface area contributed by atoms with Gasteiger partial charge in [-0.3, -0.25) is 9.69 Å². The summed E-state index contributed by atoms with van der Waals surface area (Å²) in [7, 11) is -3.69. The summed E-state index contributed by atoms with van der Waals surface area (Å²) in [5.74, 6) is -0.799. The van der Waals surface area contributed by atoms with E-state index in [1.165, 1.54) is 4.90 Å². The second-order valence-corrected chi connectivity index (χ2v) is 8.85. The molecule has 1 unspecified atom stereocenters. The number of alkyl halides is 3. The molecule has 1 aliphatic carbocycles. The molecule has 2 rings (SSSR count). The number of nitrogens with zero attached hydrogens (tertiary/aromatic N) is 1. The first kappa shape index (κ1) is 19.5. The van der Waals surface area contributed by atoms with E-state index >= 15 is 0 Å². The number of nitrogens with one attached hydrogen (secondary N) is 2. The zero-order valence-corrected chi connectivity index (χ0v) is 14.5. The smallest absolute Gasteiger partial charge is 0.353 e. The molecule has 1 amide bonds. The monoisotopic (exact) mass is 371 g/mol. The summed E-state index contributed by atoms with van der Waals surface area (Å²) in [6, 6.07) is -1.80. The molecular weight excluding hydrogens is 347 g/mol. The first-order valence-corrected chi connectivity index (χ1v) is 9.96. The molecule has 0 spiro atoms. The van der Waals surface area contributed by atoms with Crippen molar-refractivity contribution in [2.45, 2.75) is 42.6 Å². The number of hydrogen-bond acceptors (Lipinski definition) is 5. The molecule has 1 saturated carbocycles. The van der Waals surface area contributed by atoms with Gasteiger partial charge in [0.25, 0.3) is 0 Å². The Hall–Kier alpha value is -0.870. The number of carbonyl (C=O) groups is 1. The Bertz CT molecular complexity index is 553. The third-order valence-corrected chi connectivity index (χ3v) is 6.97. The minimum Gasteiger partial charge on any atom is -0.353 e. The third kappa shape index (κ3) is 4.02. The maximum absolute atomic E-state index is 13.3. The van der Waals surface area contributed by atoms with E-state index in [1.807, 2.05) is 0 Å². The van der Waals surface area contributed by atoms with Crippen LogP contribution < -0.4 is 10.6 Å². The van der Waals surface area contributed by atoms with E-state index in [1.54, 1.807) is 0 Å². The quantitative estimate of drug-likeness (QED) is 0.727. The zero-order valence-electron chi connectivity index (χ0n) is 13.7. The predicted octanol–water partition coefficient (Wildman–Crippen LogP) is 0.296. The Morgan fingerprint density at radius 1 is 1.25 bits per heavy atom. The van der Waals surface area contributed by atoms with Crippen LogP contribution in [0.2, 0.25) is 0 Å². The van der Waals surface area contributed by atoms with Crippen LogP contribution in [0.5, 0.6) is 0 Å². The molecule has 2 fully saturated rings. The van der Waals surface area contributed by atoms with E-state index in [-0.39, 0.29) is 25.9 Å². The number of hydrogen-bond donors (Lipinski definition) is 2. The Kier molecular flexibility index (Phi) is 5.81. The van der Waals surface area contributed by atoms with Gasteiger partial charge >= 0.3 is 6.18 Å². The summed E-state index contributed by atoms with van der Waals surface area (Å²) in [6.45, 7) is 0.746. The fraction of sp³-hybridized carbons (Fsp3) is 0.929. The number of sulfone groups is 1. The molecule has 1 heterocycles. The average molecular weight is 371 g/mol. The van der Waals surface area contributed by atoms with E-state index in [0.717, 1.165) is 6.26 Å². The number of amides is 1. The molecule has 1 atom stereocenters. The van der Waals surface area contributed by atoms with Crippen LogP contribution in [0.4, 0.5) is 13.2 Å². The van der Waals surface area contributed by atoms with Gasteiger partial charge in [-0.05, 0) is 12.8 Å². The topological polar surface area (TPSA) is 78.5 Å². The SMILES string of the molecule is CS(=O)(=O)C1(C(=O)NCC(N2CCNCC2)C(F)(F)F)CCCC1. The van der Waals surface area contributed by atoms with Gasteiger partial charge in [0.2, 0.25) is 5.91 Å². The summed E-state index contributed by atoms with van der Waals surface area (Å²) in [5, 5.41) is 5.26. The zero-order chi connectivity index (χ0) is 18.0. The van der Waals surface area contributed by atoms with Crippen molar-refractivity contribution in [2.24, 2.45) is 0 Å². The van der Waals surface area contributed by atoms with Gasteiger partial charge in [0, 0.05) is 39.0 Å². The fourth-order valence-corrected chi connectivity index (χ4v) is 4.95. The van der Waals surface area contributed by atoms with E-state index in [4.69, 9.17) is 0 Å². The molecule has 0 bridgehead atoms. The van der Waals surface area contributed by atoms with Crippen LogP contribution in [0.1, 0.15) is 25.7 Å². The largest absolute Gasteiger partial charge is 0.405 e. The van der Waals surface area contributed by atoms with Crippen LogP contribution in [-0.4, -0.2) is 75.2 Å². The van der Waals surface area contributed by atoms with Crippen LogP contribution >= 0.6 is 0 Å². The maximum atomic E-state index is 13.3. The van der Waals surface area contributed by atoms with Crippen molar-refractivity contribution in [1.29, 1.82) is 0 Å². The van der Waals surface area contributed by atoms with E-state index in [0.29, 0.717) is 25.9 Å². The van der Waals surface area contributed by atoms with Crippen LogP contribution in [0.15, 0.2) is 0 Å². The molecule has 0 radical (unpaired) electrons. The summed E-state index contributed by atoms with van der Waals surface area (Å²) >= 11 is 0. The van der Waals surface area contributed by atoms with Crippen LogP contribution in [0.3, 0.4) is 0 Å². The van der Waals surface area contributed by atoms with Crippen molar-refractivity contribution in [3.8, 4) is 0 Å². The second-order valence-electron chi connectivity index (χ2n) is 6.53. The lowest BCUT2D eigenvalue weighted by molar-refractivity contribution is -0.184. The molecule has 24 heavy (non-hydrogen) atoms. The minimum absolute atomic E-state index is 0.169. The molecule has 2 aliphatic rings. The molecular formula is C14H24F3N3O3S. The molecule has 0 aromatic carbocycles. The van der Waals surface area contributed by atoms with Gasteiger partial charge in [-0.2, -0.15) is 13.2 Å². The van der Waals surface area contributed by atoms with E-state index in [2.05, 4.69) is 10.6 Å². The Balaban J connectivity index is 2.09. The van der Waals surface area contributed by atoms with Crippen molar-refractivity contribution in [2.75, 3.05) is 39.0 Å². The normalized spacial score (nSPS) is 23.8. The highest BCUT2D eigenvalue weighted by atomic mass is 32.2. The highest BCUT2D eigenvalue weighted by Crippen LogP contribution is 2.37. The Morgan fingerprint density at radius 2 is 1.79 bits per heavy atom. The maximum Gasteiger partial charge on any atom is 0.405 e. The third-order valence-electron chi connectivity index (χ3n) is 4.96. The lowest BCUT2D eigenvalue weighted by atomic mass is 10.1. The highest BCUT2D eigenvalue weighted by Gasteiger charge is 2.51. The summed E-state index contributed by atoms with van der Waals surface area (Å²) < 4.78 is 62.5. The first-order chi connectivity index (χ1) is 11.1. The molecule has 2 N–H and O–H groups in total. The predicted molar refractivity (Wildman–Crippen MR) is 83.3 cm³/mol. The molecule has 140 valence electrons. The fourth-order valence-electron chi connectivity index (χ4n) is 3.51. The van der Waals surface area contributed by atoms with Gasteiger partial charge in [0.15, 0.2) is 9.84 Å². The van der Waals surface area contributed by atoms with Crippen molar-refractivity contribution in [3.63, 3.8) is 0 Å². The summed E-state index contributed by atoms with van der Waals surface area (Å²) in [4.78, 5) is 13.7. The molecule has 0 aromatic rings. The lowest BCUT2D eigenvalue weighted by Crippen LogP contribution is -2.59. The Morgan fingerprint density at radius 3 is 2.25 bits per heavy atom. The molecule has 6 nitrogen and oxygen atoms in total. The van der Waals surface area contributed by atoms with Crippen LogP contribution in [-0.2, 0) is 14.6 Å². The van der Waals surface area contributed by atoms with Gasteiger partial charge < -0.3 is 10.6 Å².